The van der Waals surface area contributed by atoms with Crippen LogP contribution < -0.4 is 4.90 Å². The van der Waals surface area contributed by atoms with Crippen LogP contribution in [0.3, 0.4) is 0 Å². The molecule has 1 aromatic heterocycles. The van der Waals surface area contributed by atoms with Gasteiger partial charge in [-0.1, -0.05) is 23.7 Å². The van der Waals surface area contributed by atoms with Crippen molar-refractivity contribution in [3.05, 3.63) is 58.9 Å². The van der Waals surface area contributed by atoms with E-state index in [1.54, 1.807) is 37.4 Å². The Kier molecular flexibility index (Phi) is 4.55. The fourth-order valence-corrected chi connectivity index (χ4v) is 1.97. The summed E-state index contributed by atoms with van der Waals surface area (Å²) in [5.41, 5.74) is 1.16. The number of carbonyl (C=O) groups excluding carboxylic acids is 2. The van der Waals surface area contributed by atoms with Gasteiger partial charge in [-0.2, -0.15) is 0 Å². The number of rotatable bonds is 3. The van der Waals surface area contributed by atoms with Gasteiger partial charge in [-0.05, 0) is 24.3 Å². The van der Waals surface area contributed by atoms with Crippen molar-refractivity contribution in [2.24, 2.45) is 0 Å². The number of nitrogens with zero attached hydrogens (tertiary/aromatic N) is 2. The summed E-state index contributed by atoms with van der Waals surface area (Å²) in [6.45, 7) is 0. The molecule has 1 amide bonds. The van der Waals surface area contributed by atoms with Crippen molar-refractivity contribution in [3.63, 3.8) is 0 Å². The molecule has 1 heterocycles. The lowest BCUT2D eigenvalue weighted by atomic mass is 10.1. The van der Waals surface area contributed by atoms with Gasteiger partial charge in [0.05, 0.1) is 23.9 Å². The minimum atomic E-state index is -0.500. The van der Waals surface area contributed by atoms with Crippen LogP contribution >= 0.6 is 11.6 Å². The van der Waals surface area contributed by atoms with Crippen molar-refractivity contribution in [3.8, 4) is 0 Å². The van der Waals surface area contributed by atoms with Gasteiger partial charge in [0, 0.05) is 13.2 Å². The second kappa shape index (κ2) is 6.37. The molecule has 5 nitrogen and oxygen atoms in total. The van der Waals surface area contributed by atoms with E-state index in [1.165, 1.54) is 24.3 Å². The number of ether oxygens (including phenoxy) is 1. The van der Waals surface area contributed by atoms with Crippen LogP contribution in [0.4, 0.5) is 5.69 Å². The van der Waals surface area contributed by atoms with E-state index in [4.69, 9.17) is 16.3 Å². The van der Waals surface area contributed by atoms with Gasteiger partial charge in [0.25, 0.3) is 5.91 Å². The fraction of sp³-hybridized carbons (Fsp3) is 0.133. The van der Waals surface area contributed by atoms with Crippen LogP contribution in [0.25, 0.3) is 0 Å². The predicted molar refractivity (Wildman–Crippen MR) is 79.8 cm³/mol. The number of carbonyl (C=O) groups is 2. The normalized spacial score (nSPS) is 10.0. The molecular weight excluding hydrogens is 292 g/mol. The highest BCUT2D eigenvalue weighted by atomic mass is 35.5. The van der Waals surface area contributed by atoms with Crippen LogP contribution in [-0.2, 0) is 4.74 Å². The maximum Gasteiger partial charge on any atom is 0.339 e. The first kappa shape index (κ1) is 15.0. The number of amides is 1. The Morgan fingerprint density at radius 1 is 1.19 bits per heavy atom. The van der Waals surface area contributed by atoms with Crippen molar-refractivity contribution < 1.29 is 14.3 Å². The van der Waals surface area contributed by atoms with Crippen LogP contribution in [-0.4, -0.2) is 31.0 Å². The van der Waals surface area contributed by atoms with E-state index < -0.39 is 5.97 Å². The Labute approximate surface area is 127 Å². The lowest BCUT2D eigenvalue weighted by Gasteiger charge is -2.19. The van der Waals surface area contributed by atoms with Gasteiger partial charge in [-0.15, -0.1) is 0 Å². The summed E-state index contributed by atoms with van der Waals surface area (Å²) < 4.78 is 4.72. The maximum absolute atomic E-state index is 12.4. The Morgan fingerprint density at radius 3 is 2.52 bits per heavy atom. The molecule has 0 spiro atoms. The monoisotopic (exact) mass is 304 g/mol. The second-order valence-electron chi connectivity index (χ2n) is 4.24. The summed E-state index contributed by atoms with van der Waals surface area (Å²) in [6, 6.07) is 9.84. The molecular formula is C15H13ClN2O3. The minimum absolute atomic E-state index is 0.296. The molecule has 0 aliphatic rings. The number of pyridine rings is 1. The zero-order valence-corrected chi connectivity index (χ0v) is 12.3. The lowest BCUT2D eigenvalue weighted by Crippen LogP contribution is -2.28. The Hall–Kier alpha value is -2.40. The molecule has 6 heteroatoms. The van der Waals surface area contributed by atoms with Crippen LogP contribution in [0.5, 0.6) is 0 Å². The number of benzene rings is 1. The van der Waals surface area contributed by atoms with Crippen LogP contribution in [0, 0.1) is 0 Å². The van der Waals surface area contributed by atoms with Gasteiger partial charge in [-0.25, -0.2) is 9.78 Å². The van der Waals surface area contributed by atoms with E-state index in [9.17, 15) is 9.59 Å². The minimum Gasteiger partial charge on any atom is -0.465 e. The number of halogens is 1. The number of anilines is 1. The zero-order valence-electron chi connectivity index (χ0n) is 11.5. The summed E-state index contributed by atoms with van der Waals surface area (Å²) in [4.78, 5) is 29.4. The Balaban J connectivity index is 2.36. The van der Waals surface area contributed by atoms with Crippen molar-refractivity contribution in [2.75, 3.05) is 19.1 Å². The van der Waals surface area contributed by atoms with Gasteiger partial charge in [0.1, 0.15) is 5.15 Å². The maximum atomic E-state index is 12.4. The van der Waals surface area contributed by atoms with E-state index in [1.807, 2.05) is 0 Å². The average Bonchev–Trinajstić information content (AvgIpc) is 2.53. The molecule has 0 N–H and O–H groups in total. The molecule has 108 valence electrons. The van der Waals surface area contributed by atoms with Gasteiger partial charge >= 0.3 is 5.97 Å². The first-order valence-corrected chi connectivity index (χ1v) is 6.49. The van der Waals surface area contributed by atoms with Gasteiger partial charge in [0.15, 0.2) is 0 Å². The Morgan fingerprint density at radius 2 is 1.90 bits per heavy atom. The van der Waals surface area contributed by atoms with E-state index in [-0.39, 0.29) is 5.91 Å². The molecule has 21 heavy (non-hydrogen) atoms. The number of methoxy groups -OCH3 is 1. The summed E-state index contributed by atoms with van der Waals surface area (Å²) >= 11 is 5.70. The molecule has 0 aliphatic carbocycles. The molecule has 0 unspecified atom stereocenters. The smallest absolute Gasteiger partial charge is 0.339 e. The highest BCUT2D eigenvalue weighted by Gasteiger charge is 2.20. The van der Waals surface area contributed by atoms with Crippen LogP contribution in [0.2, 0.25) is 5.15 Å². The van der Waals surface area contributed by atoms with Crippen molar-refractivity contribution in [2.45, 2.75) is 0 Å². The average molecular weight is 305 g/mol. The number of esters is 1. The molecule has 0 aliphatic heterocycles. The number of hydrogen-bond donors (Lipinski definition) is 0. The SMILES string of the molecule is COC(=O)c1ccccc1N(C)C(=O)c1ccc(Cl)nc1. The van der Waals surface area contributed by atoms with Crippen molar-refractivity contribution in [1.82, 2.24) is 4.98 Å². The van der Waals surface area contributed by atoms with Crippen molar-refractivity contribution >= 4 is 29.2 Å². The second-order valence-corrected chi connectivity index (χ2v) is 4.63. The summed E-state index contributed by atoms with van der Waals surface area (Å²) in [5, 5.41) is 0.309. The van der Waals surface area contributed by atoms with E-state index in [2.05, 4.69) is 4.98 Å². The lowest BCUT2D eigenvalue weighted by molar-refractivity contribution is 0.0601. The zero-order chi connectivity index (χ0) is 15.4. The summed E-state index contributed by atoms with van der Waals surface area (Å²) in [7, 11) is 2.88. The standard InChI is InChI=1S/C15H13ClN2O3/c1-18(14(19)10-7-8-13(16)17-9-10)12-6-4-3-5-11(12)15(20)21-2/h3-9H,1-2H3. The summed E-state index contributed by atoms with van der Waals surface area (Å²) in [6.07, 6.45) is 1.39. The third kappa shape index (κ3) is 3.20. The van der Waals surface area contributed by atoms with Gasteiger partial charge in [-0.3, -0.25) is 4.79 Å². The van der Waals surface area contributed by atoms with Crippen LogP contribution in [0.15, 0.2) is 42.6 Å². The topological polar surface area (TPSA) is 59.5 Å². The van der Waals surface area contributed by atoms with Gasteiger partial charge < -0.3 is 9.64 Å². The van der Waals surface area contributed by atoms with Crippen LogP contribution in [0.1, 0.15) is 20.7 Å². The van der Waals surface area contributed by atoms with E-state index in [0.717, 1.165) is 0 Å². The molecule has 0 atom stereocenters. The number of para-hydroxylation sites is 1. The molecule has 0 bridgehead atoms. The van der Waals surface area contributed by atoms with E-state index in [0.29, 0.717) is 22.0 Å². The molecule has 1 aromatic carbocycles. The molecule has 2 rings (SSSR count). The molecule has 0 saturated heterocycles. The molecule has 2 aromatic rings. The summed E-state index contributed by atoms with van der Waals surface area (Å²) in [5.74, 6) is -0.796. The molecule has 0 radical (unpaired) electrons. The molecule has 0 fully saturated rings. The quantitative estimate of drug-likeness (QED) is 0.646. The third-order valence-electron chi connectivity index (χ3n) is 2.95. The largest absolute Gasteiger partial charge is 0.465 e. The first-order chi connectivity index (χ1) is 10.0. The number of hydrogen-bond acceptors (Lipinski definition) is 4. The van der Waals surface area contributed by atoms with Crippen molar-refractivity contribution in [1.29, 1.82) is 0 Å². The fourth-order valence-electron chi connectivity index (χ4n) is 1.85. The molecule has 0 saturated carbocycles. The van der Waals surface area contributed by atoms with E-state index >= 15 is 0 Å². The highest BCUT2D eigenvalue weighted by molar-refractivity contribution is 6.29. The van der Waals surface area contributed by atoms with Gasteiger partial charge in [0.2, 0.25) is 0 Å². The predicted octanol–water partition coefficient (Wildman–Crippen LogP) is 2.80. The first-order valence-electron chi connectivity index (χ1n) is 6.11. The Bertz CT molecular complexity index is 671. The highest BCUT2D eigenvalue weighted by Crippen LogP contribution is 2.22. The third-order valence-corrected chi connectivity index (χ3v) is 3.17. The number of aromatic nitrogens is 1.